The first-order valence-electron chi connectivity index (χ1n) is 8.02. The summed E-state index contributed by atoms with van der Waals surface area (Å²) in [5.74, 6) is -3.29. The highest BCUT2D eigenvalue weighted by Crippen LogP contribution is 1.98. The molecule has 0 aliphatic rings. The molecule has 0 radical (unpaired) electrons. The molecule has 0 atom stereocenters. The van der Waals surface area contributed by atoms with Gasteiger partial charge in [-0.1, -0.05) is 0 Å². The molecule has 0 heterocycles. The Labute approximate surface area is 145 Å². The van der Waals surface area contributed by atoms with Crippen molar-refractivity contribution in [3.05, 3.63) is 0 Å². The quantitative estimate of drug-likeness (QED) is 0.323. The van der Waals surface area contributed by atoms with Crippen LogP contribution >= 0.6 is 0 Å². The Morgan fingerprint density at radius 2 is 1.20 bits per heavy atom. The Kier molecular flexibility index (Phi) is 12.9. The molecule has 0 aliphatic carbocycles. The summed E-state index contributed by atoms with van der Waals surface area (Å²) in [6, 6.07) is 0. The van der Waals surface area contributed by atoms with Gasteiger partial charge in [0.1, 0.15) is 13.2 Å². The minimum absolute atomic E-state index is 0.0932. The average Bonchev–Trinajstić information content (AvgIpc) is 2.55. The molecular formula is C15H26N2O8. The molecule has 0 aliphatic heterocycles. The van der Waals surface area contributed by atoms with E-state index in [0.717, 1.165) is 0 Å². The van der Waals surface area contributed by atoms with Crippen LogP contribution in [0.1, 0.15) is 32.1 Å². The minimum Gasteiger partial charge on any atom is -0.481 e. The van der Waals surface area contributed by atoms with E-state index in [4.69, 9.17) is 25.4 Å². The summed E-state index contributed by atoms with van der Waals surface area (Å²) in [4.78, 5) is 45.3. The van der Waals surface area contributed by atoms with Crippen molar-refractivity contribution in [3.8, 4) is 0 Å². The number of esters is 2. The second-order valence-corrected chi connectivity index (χ2v) is 5.21. The highest BCUT2D eigenvalue weighted by molar-refractivity contribution is 5.77. The van der Waals surface area contributed by atoms with Gasteiger partial charge in [0.25, 0.3) is 0 Å². The summed E-state index contributed by atoms with van der Waals surface area (Å²) >= 11 is 0. The number of carbonyl (C=O) groups excluding carboxylic acids is 2. The van der Waals surface area contributed by atoms with Crippen LogP contribution in [0.3, 0.4) is 0 Å². The lowest BCUT2D eigenvalue weighted by molar-refractivity contribution is -0.148. The summed E-state index contributed by atoms with van der Waals surface area (Å²) in [7, 11) is 0. The Bertz CT molecular complexity index is 405. The van der Waals surface area contributed by atoms with E-state index in [1.54, 1.807) is 0 Å². The van der Waals surface area contributed by atoms with Crippen molar-refractivity contribution in [2.24, 2.45) is 5.73 Å². The molecule has 0 aromatic heterocycles. The average molecular weight is 362 g/mol. The van der Waals surface area contributed by atoms with Crippen LogP contribution in [-0.4, -0.2) is 78.4 Å². The fourth-order valence-corrected chi connectivity index (χ4v) is 1.79. The number of carboxylic acids is 2. The maximum atomic E-state index is 11.3. The van der Waals surface area contributed by atoms with E-state index < -0.39 is 23.9 Å². The van der Waals surface area contributed by atoms with Crippen LogP contribution in [0.15, 0.2) is 0 Å². The number of rotatable bonds is 15. The fourth-order valence-electron chi connectivity index (χ4n) is 1.79. The molecule has 0 saturated carbocycles. The topological polar surface area (TPSA) is 156 Å². The molecule has 0 amide bonds. The van der Waals surface area contributed by atoms with E-state index in [2.05, 4.69) is 0 Å². The first-order valence-corrected chi connectivity index (χ1v) is 8.02. The monoisotopic (exact) mass is 362 g/mol. The van der Waals surface area contributed by atoms with Crippen molar-refractivity contribution in [1.29, 1.82) is 0 Å². The van der Waals surface area contributed by atoms with Crippen LogP contribution in [0.25, 0.3) is 0 Å². The molecule has 0 aromatic carbocycles. The van der Waals surface area contributed by atoms with Gasteiger partial charge in [-0.3, -0.25) is 24.1 Å². The molecule has 0 saturated heterocycles. The highest BCUT2D eigenvalue weighted by Gasteiger charge is 2.11. The van der Waals surface area contributed by atoms with Crippen molar-refractivity contribution < 1.29 is 38.9 Å². The van der Waals surface area contributed by atoms with Crippen molar-refractivity contribution in [1.82, 2.24) is 4.90 Å². The van der Waals surface area contributed by atoms with Crippen LogP contribution in [0, 0.1) is 0 Å². The molecule has 144 valence electrons. The maximum absolute atomic E-state index is 11.3. The van der Waals surface area contributed by atoms with Crippen LogP contribution in [0.5, 0.6) is 0 Å². The minimum atomic E-state index is -1.06. The van der Waals surface area contributed by atoms with Crippen LogP contribution < -0.4 is 5.73 Å². The SMILES string of the molecule is NCCCN(CCOC(=O)CCC(=O)O)CCOC(=O)CCC(=O)O. The van der Waals surface area contributed by atoms with Gasteiger partial charge in [-0.15, -0.1) is 0 Å². The van der Waals surface area contributed by atoms with E-state index >= 15 is 0 Å². The summed E-state index contributed by atoms with van der Waals surface area (Å²) in [5.41, 5.74) is 5.46. The molecule has 0 bridgehead atoms. The normalized spacial score (nSPS) is 10.5. The Morgan fingerprint density at radius 1 is 0.760 bits per heavy atom. The van der Waals surface area contributed by atoms with Crippen LogP contribution in [-0.2, 0) is 28.7 Å². The third-order valence-corrected chi connectivity index (χ3v) is 3.11. The number of carbonyl (C=O) groups is 4. The molecule has 25 heavy (non-hydrogen) atoms. The van der Waals surface area contributed by atoms with E-state index in [1.807, 2.05) is 4.90 Å². The molecular weight excluding hydrogens is 336 g/mol. The summed E-state index contributed by atoms with van der Waals surface area (Å²) in [6.07, 6.45) is -0.206. The predicted octanol–water partition coefficient (Wildman–Crippen LogP) is -0.547. The number of hydrogen-bond donors (Lipinski definition) is 3. The number of hydrogen-bond acceptors (Lipinski definition) is 8. The van der Waals surface area contributed by atoms with Gasteiger partial charge in [-0.25, -0.2) is 0 Å². The van der Waals surface area contributed by atoms with Gasteiger partial charge in [0.05, 0.1) is 25.7 Å². The molecule has 0 fully saturated rings. The Hall–Kier alpha value is -2.20. The molecule has 10 heteroatoms. The van der Waals surface area contributed by atoms with Gasteiger partial charge in [0.15, 0.2) is 0 Å². The van der Waals surface area contributed by atoms with E-state index in [9.17, 15) is 19.2 Å². The summed E-state index contributed by atoms with van der Waals surface area (Å²) in [5, 5.41) is 17.0. The summed E-state index contributed by atoms with van der Waals surface area (Å²) < 4.78 is 9.89. The van der Waals surface area contributed by atoms with Crippen LogP contribution in [0.4, 0.5) is 0 Å². The van der Waals surface area contributed by atoms with E-state index in [-0.39, 0.29) is 38.9 Å². The zero-order valence-electron chi connectivity index (χ0n) is 14.1. The van der Waals surface area contributed by atoms with Gasteiger partial charge in [0.2, 0.25) is 0 Å². The number of carboxylic acid groups (broad SMARTS) is 2. The second kappa shape index (κ2) is 14.2. The zero-order valence-corrected chi connectivity index (χ0v) is 14.1. The van der Waals surface area contributed by atoms with Crippen LogP contribution in [0.2, 0.25) is 0 Å². The van der Waals surface area contributed by atoms with Crippen molar-refractivity contribution in [2.45, 2.75) is 32.1 Å². The number of nitrogens with zero attached hydrogens (tertiary/aromatic N) is 1. The largest absolute Gasteiger partial charge is 0.481 e. The highest BCUT2D eigenvalue weighted by atomic mass is 16.5. The van der Waals surface area contributed by atoms with Gasteiger partial charge >= 0.3 is 23.9 Å². The predicted molar refractivity (Wildman–Crippen MR) is 85.8 cm³/mol. The lowest BCUT2D eigenvalue weighted by Gasteiger charge is -2.21. The first kappa shape index (κ1) is 22.8. The molecule has 0 unspecified atom stereocenters. The Balaban J connectivity index is 4.02. The zero-order chi connectivity index (χ0) is 19.1. The summed E-state index contributed by atoms with van der Waals surface area (Å²) in [6.45, 7) is 2.08. The lowest BCUT2D eigenvalue weighted by Crippen LogP contribution is -2.34. The van der Waals surface area contributed by atoms with Gasteiger partial charge in [0, 0.05) is 13.1 Å². The van der Waals surface area contributed by atoms with E-state index in [0.29, 0.717) is 32.6 Å². The van der Waals surface area contributed by atoms with Gasteiger partial charge in [-0.05, 0) is 19.5 Å². The van der Waals surface area contributed by atoms with E-state index in [1.165, 1.54) is 0 Å². The van der Waals surface area contributed by atoms with Crippen molar-refractivity contribution >= 4 is 23.9 Å². The maximum Gasteiger partial charge on any atom is 0.306 e. The molecule has 0 aromatic rings. The molecule has 0 spiro atoms. The molecule has 0 rings (SSSR count). The number of ether oxygens (including phenoxy) is 2. The van der Waals surface area contributed by atoms with Gasteiger partial charge in [-0.2, -0.15) is 0 Å². The number of nitrogens with two attached hydrogens (primary N) is 1. The molecule has 10 nitrogen and oxygen atoms in total. The molecule has 4 N–H and O–H groups in total. The fraction of sp³-hybridized carbons (Fsp3) is 0.733. The third-order valence-electron chi connectivity index (χ3n) is 3.11. The number of aliphatic carboxylic acids is 2. The Morgan fingerprint density at radius 3 is 1.56 bits per heavy atom. The van der Waals surface area contributed by atoms with Crippen molar-refractivity contribution in [3.63, 3.8) is 0 Å². The standard InChI is InChI=1S/C15H26N2O8/c16-6-1-7-17(8-10-24-14(22)4-2-12(18)19)9-11-25-15(23)5-3-13(20)21/h1-11,16H2,(H,18,19)(H,20,21). The second-order valence-electron chi connectivity index (χ2n) is 5.21. The lowest BCUT2D eigenvalue weighted by atomic mass is 10.3. The first-order chi connectivity index (χ1) is 11.8. The third kappa shape index (κ3) is 15.1. The van der Waals surface area contributed by atoms with Crippen molar-refractivity contribution in [2.75, 3.05) is 39.4 Å². The smallest absolute Gasteiger partial charge is 0.306 e. The van der Waals surface area contributed by atoms with Gasteiger partial charge < -0.3 is 25.4 Å².